The summed E-state index contributed by atoms with van der Waals surface area (Å²) in [5.74, 6) is 0. The van der Waals surface area contributed by atoms with Crippen LogP contribution in [0.2, 0.25) is 0 Å². The highest BCUT2D eigenvalue weighted by Gasteiger charge is 2.45. The first-order valence-electron chi connectivity index (χ1n) is 21.6. The van der Waals surface area contributed by atoms with Crippen LogP contribution in [0.1, 0.15) is 64.2 Å². The summed E-state index contributed by atoms with van der Waals surface area (Å²) in [6.07, 6.45) is 16.8. The van der Waals surface area contributed by atoms with Crippen molar-refractivity contribution in [1.82, 2.24) is 9.97 Å². The molecule has 7 aromatic rings. The average Bonchev–Trinajstić information content (AvgIpc) is 3.30. The fourth-order valence-electron chi connectivity index (χ4n) is 10.8. The molecule has 4 heterocycles. The molecule has 0 spiro atoms. The number of anilines is 7. The van der Waals surface area contributed by atoms with Gasteiger partial charge in [0.2, 0.25) is 0 Å². The maximum Gasteiger partial charge on any atom is 0.252 e. The molecular formula is C52H48BN5. The monoisotopic (exact) mass is 753 g/mol. The number of para-hydroxylation sites is 4. The second-order valence-electron chi connectivity index (χ2n) is 16.6. The number of benzene rings is 5. The molecule has 2 aromatic heterocycles. The molecule has 5 aromatic carbocycles. The van der Waals surface area contributed by atoms with Crippen LogP contribution in [0.5, 0.6) is 0 Å². The molecular weight excluding hydrogens is 705 g/mol. The van der Waals surface area contributed by atoms with Crippen molar-refractivity contribution in [3.63, 3.8) is 0 Å². The third-order valence-electron chi connectivity index (χ3n) is 13.3. The summed E-state index contributed by atoms with van der Waals surface area (Å²) in [6, 6.07) is 54.8. The minimum absolute atomic E-state index is 0.0563. The van der Waals surface area contributed by atoms with Gasteiger partial charge in [0.15, 0.2) is 0 Å². The molecule has 5 nitrogen and oxygen atoms in total. The van der Waals surface area contributed by atoms with Gasteiger partial charge in [0.1, 0.15) is 0 Å². The Morgan fingerprint density at radius 2 is 0.966 bits per heavy atom. The van der Waals surface area contributed by atoms with Crippen LogP contribution >= 0.6 is 0 Å². The van der Waals surface area contributed by atoms with Crippen molar-refractivity contribution >= 4 is 62.9 Å². The molecule has 6 heteroatoms. The van der Waals surface area contributed by atoms with E-state index in [1.807, 2.05) is 24.5 Å². The Kier molecular flexibility index (Phi) is 9.06. The van der Waals surface area contributed by atoms with Crippen LogP contribution in [0.25, 0.3) is 22.5 Å². The van der Waals surface area contributed by atoms with Gasteiger partial charge in [-0.25, -0.2) is 0 Å². The van der Waals surface area contributed by atoms with E-state index in [9.17, 15) is 0 Å². The maximum atomic E-state index is 5.00. The Bertz CT molecular complexity index is 2490. The van der Waals surface area contributed by atoms with Crippen LogP contribution in [0.15, 0.2) is 158 Å². The number of nitrogens with zero attached hydrogens (tertiary/aromatic N) is 5. The highest BCUT2D eigenvalue weighted by atomic mass is 15.2. The molecule has 0 atom stereocenters. The second-order valence-corrected chi connectivity index (χ2v) is 16.6. The van der Waals surface area contributed by atoms with Gasteiger partial charge >= 0.3 is 0 Å². The zero-order chi connectivity index (χ0) is 38.4. The van der Waals surface area contributed by atoms with Crippen molar-refractivity contribution in [2.24, 2.45) is 0 Å². The Morgan fingerprint density at radius 3 is 1.52 bits per heavy atom. The number of fused-ring (bicyclic) bond motifs is 4. The molecule has 0 saturated heterocycles. The lowest BCUT2D eigenvalue weighted by molar-refractivity contribution is 0.340. The summed E-state index contributed by atoms with van der Waals surface area (Å²) >= 11 is 0. The van der Waals surface area contributed by atoms with Crippen LogP contribution in [-0.4, -0.2) is 28.8 Å². The summed E-state index contributed by atoms with van der Waals surface area (Å²) < 4.78 is 0. The molecule has 0 bridgehead atoms. The van der Waals surface area contributed by atoms with Crippen LogP contribution in [0.4, 0.5) is 39.8 Å². The molecule has 2 aliphatic carbocycles. The first kappa shape index (κ1) is 35.1. The summed E-state index contributed by atoms with van der Waals surface area (Å²) in [7, 11) is 0. The highest BCUT2D eigenvalue weighted by molar-refractivity contribution is 7.00. The summed E-state index contributed by atoms with van der Waals surface area (Å²) in [5.41, 5.74) is 16.7. The van der Waals surface area contributed by atoms with E-state index >= 15 is 0 Å². The van der Waals surface area contributed by atoms with Gasteiger partial charge < -0.3 is 14.7 Å². The van der Waals surface area contributed by atoms with Gasteiger partial charge in [-0.1, -0.05) is 123 Å². The van der Waals surface area contributed by atoms with Gasteiger partial charge in [-0.3, -0.25) is 9.97 Å². The van der Waals surface area contributed by atoms with Crippen LogP contribution in [0, 0.1) is 0 Å². The third-order valence-corrected chi connectivity index (χ3v) is 13.3. The minimum atomic E-state index is 0.0563. The highest BCUT2D eigenvalue weighted by Crippen LogP contribution is 2.51. The predicted molar refractivity (Wildman–Crippen MR) is 243 cm³/mol. The standard InChI is InChI=1S/C52H48BN5/c1-4-19-37(20-5-1)56(38-21-6-2-7-22-38)40-35-49-51-50(36-40)58(52-41(45-29-14-16-33-54-45)25-18-26-42(52)46-30-15-17-34-55-46)48-32-13-11-28-44(48)53(51)43-27-10-12-31-47(43)57(49)39-23-8-3-9-24-39/h3,8-18,23-38H,1-2,4-7,19-22H2. The van der Waals surface area contributed by atoms with E-state index in [0.29, 0.717) is 12.1 Å². The first-order chi connectivity index (χ1) is 28.8. The smallest absolute Gasteiger partial charge is 0.252 e. The largest absolute Gasteiger partial charge is 0.365 e. The van der Waals surface area contributed by atoms with Crippen molar-refractivity contribution in [3.05, 3.63) is 158 Å². The van der Waals surface area contributed by atoms with Gasteiger partial charge in [0.25, 0.3) is 6.71 Å². The molecule has 4 aliphatic rings. The summed E-state index contributed by atoms with van der Waals surface area (Å²) in [4.78, 5) is 18.1. The SMILES string of the molecule is c1ccc(N2c3ccccc3B3c4ccccc4N(c4c(-c5ccccn5)cccc4-c4ccccn4)c4cc(N(C5CCCCC5)C5CCCCC5)cc2c43)cc1. The normalized spacial score (nSPS) is 16.4. The Hall–Kier alpha value is -6.14. The lowest BCUT2D eigenvalue weighted by atomic mass is 9.33. The molecule has 11 rings (SSSR count). The Balaban J connectivity index is 1.26. The maximum absolute atomic E-state index is 5.00. The van der Waals surface area contributed by atoms with E-state index < -0.39 is 0 Å². The lowest BCUT2D eigenvalue weighted by Crippen LogP contribution is -2.61. The van der Waals surface area contributed by atoms with E-state index in [1.54, 1.807) is 0 Å². The van der Waals surface area contributed by atoms with Gasteiger partial charge in [0, 0.05) is 69.7 Å². The van der Waals surface area contributed by atoms with Crippen molar-refractivity contribution in [3.8, 4) is 22.5 Å². The van der Waals surface area contributed by atoms with Gasteiger partial charge in [-0.15, -0.1) is 0 Å². The van der Waals surface area contributed by atoms with Crippen molar-refractivity contribution in [2.75, 3.05) is 14.7 Å². The average molecular weight is 754 g/mol. The summed E-state index contributed by atoms with van der Waals surface area (Å²) in [6.45, 7) is 0.0563. The van der Waals surface area contributed by atoms with E-state index in [0.717, 1.165) is 28.2 Å². The molecule has 0 unspecified atom stereocenters. The van der Waals surface area contributed by atoms with Crippen molar-refractivity contribution in [2.45, 2.75) is 76.3 Å². The molecule has 2 aliphatic heterocycles. The van der Waals surface area contributed by atoms with E-state index in [1.165, 1.54) is 115 Å². The number of pyridine rings is 2. The van der Waals surface area contributed by atoms with Crippen LogP contribution < -0.4 is 31.1 Å². The fraction of sp³-hybridized carbons (Fsp3) is 0.231. The Labute approximate surface area is 343 Å². The fourth-order valence-corrected chi connectivity index (χ4v) is 10.8. The quantitative estimate of drug-likeness (QED) is 0.151. The molecule has 0 amide bonds. The first-order valence-corrected chi connectivity index (χ1v) is 21.6. The second kappa shape index (κ2) is 15.0. The molecule has 58 heavy (non-hydrogen) atoms. The Morgan fingerprint density at radius 1 is 0.466 bits per heavy atom. The molecule has 2 fully saturated rings. The zero-order valence-electron chi connectivity index (χ0n) is 33.1. The van der Waals surface area contributed by atoms with Crippen LogP contribution in [-0.2, 0) is 0 Å². The number of rotatable bonds is 7. The third kappa shape index (κ3) is 5.92. The topological polar surface area (TPSA) is 35.5 Å². The van der Waals surface area contributed by atoms with Crippen LogP contribution in [0.3, 0.4) is 0 Å². The number of aromatic nitrogens is 2. The minimum Gasteiger partial charge on any atom is -0.365 e. The van der Waals surface area contributed by atoms with Gasteiger partial charge in [0.05, 0.1) is 17.1 Å². The number of hydrogen-bond acceptors (Lipinski definition) is 5. The predicted octanol–water partition coefficient (Wildman–Crippen LogP) is 11.4. The lowest BCUT2D eigenvalue weighted by Gasteiger charge is -2.47. The molecule has 2 saturated carbocycles. The molecule has 284 valence electrons. The van der Waals surface area contributed by atoms with Crippen molar-refractivity contribution in [1.29, 1.82) is 0 Å². The molecule has 0 N–H and O–H groups in total. The van der Waals surface area contributed by atoms with E-state index in [2.05, 4.69) is 148 Å². The van der Waals surface area contributed by atoms with E-state index in [-0.39, 0.29) is 6.71 Å². The zero-order valence-corrected chi connectivity index (χ0v) is 33.1. The summed E-state index contributed by atoms with van der Waals surface area (Å²) in [5, 5.41) is 0. The van der Waals surface area contributed by atoms with Crippen molar-refractivity contribution < 1.29 is 0 Å². The molecule has 0 radical (unpaired) electrons. The number of hydrogen-bond donors (Lipinski definition) is 0. The van der Waals surface area contributed by atoms with Gasteiger partial charge in [-0.05, 0) is 103 Å². The van der Waals surface area contributed by atoms with E-state index in [4.69, 9.17) is 9.97 Å². The van der Waals surface area contributed by atoms with Gasteiger partial charge in [-0.2, -0.15) is 0 Å².